The van der Waals surface area contributed by atoms with Gasteiger partial charge in [-0.2, -0.15) is 0 Å². The molecule has 0 radical (unpaired) electrons. The third-order valence-corrected chi connectivity index (χ3v) is 4.83. The molecule has 0 aliphatic carbocycles. The monoisotopic (exact) mass is 314 g/mol. The average Bonchev–Trinajstić information content (AvgIpc) is 2.88. The SMILES string of the molecule is CC(C)c1sc2ncnc(N)c2c1-c1ccc([N+](=O)[O-])cc1. The van der Waals surface area contributed by atoms with E-state index >= 15 is 0 Å². The Kier molecular flexibility index (Phi) is 3.50. The number of nitro benzene ring substituents is 1. The minimum absolute atomic E-state index is 0.0682. The number of hydrogen-bond donors (Lipinski definition) is 1. The lowest BCUT2D eigenvalue weighted by molar-refractivity contribution is -0.384. The van der Waals surface area contributed by atoms with Gasteiger partial charge in [0.1, 0.15) is 17.0 Å². The van der Waals surface area contributed by atoms with Gasteiger partial charge in [0, 0.05) is 22.6 Å². The van der Waals surface area contributed by atoms with Gasteiger partial charge < -0.3 is 5.73 Å². The summed E-state index contributed by atoms with van der Waals surface area (Å²) in [6.45, 7) is 4.20. The summed E-state index contributed by atoms with van der Waals surface area (Å²) in [6.07, 6.45) is 1.46. The highest BCUT2D eigenvalue weighted by Gasteiger charge is 2.20. The van der Waals surface area contributed by atoms with E-state index in [4.69, 9.17) is 5.73 Å². The van der Waals surface area contributed by atoms with Crippen LogP contribution in [-0.2, 0) is 0 Å². The van der Waals surface area contributed by atoms with Crippen molar-refractivity contribution in [2.24, 2.45) is 0 Å². The molecule has 0 amide bonds. The quantitative estimate of drug-likeness (QED) is 0.583. The average molecular weight is 314 g/mol. The van der Waals surface area contributed by atoms with Crippen LogP contribution in [0.2, 0.25) is 0 Å². The number of nitrogen functional groups attached to an aromatic ring is 1. The van der Waals surface area contributed by atoms with Gasteiger partial charge in [-0.05, 0) is 23.6 Å². The second-order valence-electron chi connectivity index (χ2n) is 5.24. The number of nitrogens with two attached hydrogens (primary N) is 1. The lowest BCUT2D eigenvalue weighted by Crippen LogP contribution is -1.94. The zero-order valence-electron chi connectivity index (χ0n) is 12.1. The molecule has 6 nitrogen and oxygen atoms in total. The number of benzene rings is 1. The molecule has 2 N–H and O–H groups in total. The Balaban J connectivity index is 2.28. The number of aromatic nitrogens is 2. The Bertz CT molecular complexity index is 856. The van der Waals surface area contributed by atoms with Crippen LogP contribution >= 0.6 is 11.3 Å². The van der Waals surface area contributed by atoms with Crippen molar-refractivity contribution in [2.45, 2.75) is 19.8 Å². The Hall–Kier alpha value is -2.54. The van der Waals surface area contributed by atoms with Crippen molar-refractivity contribution in [3.63, 3.8) is 0 Å². The molecular weight excluding hydrogens is 300 g/mol. The van der Waals surface area contributed by atoms with E-state index in [2.05, 4.69) is 23.8 Å². The first kappa shape index (κ1) is 14.4. The molecule has 3 aromatic rings. The minimum Gasteiger partial charge on any atom is -0.383 e. The first-order chi connectivity index (χ1) is 10.5. The molecule has 2 heterocycles. The van der Waals surface area contributed by atoms with Crippen molar-refractivity contribution in [2.75, 3.05) is 5.73 Å². The normalized spacial score (nSPS) is 11.2. The van der Waals surface area contributed by atoms with Gasteiger partial charge >= 0.3 is 0 Å². The van der Waals surface area contributed by atoms with Gasteiger partial charge in [-0.1, -0.05) is 13.8 Å². The summed E-state index contributed by atoms with van der Waals surface area (Å²) in [7, 11) is 0. The Morgan fingerprint density at radius 3 is 2.50 bits per heavy atom. The molecule has 2 aromatic heterocycles. The van der Waals surface area contributed by atoms with E-state index in [1.165, 1.54) is 18.5 Å². The van der Waals surface area contributed by atoms with Crippen LogP contribution in [0.4, 0.5) is 11.5 Å². The van der Waals surface area contributed by atoms with Crippen LogP contribution in [0.1, 0.15) is 24.6 Å². The second kappa shape index (κ2) is 5.34. The number of nitro groups is 1. The van der Waals surface area contributed by atoms with E-state index in [9.17, 15) is 10.1 Å². The van der Waals surface area contributed by atoms with Gasteiger partial charge in [-0.25, -0.2) is 9.97 Å². The van der Waals surface area contributed by atoms with E-state index in [-0.39, 0.29) is 5.69 Å². The standard InChI is InChI=1S/C15H14N4O2S/c1-8(2)13-11(9-3-5-10(6-4-9)19(20)21)12-14(16)17-7-18-15(12)22-13/h3-8H,1-2H3,(H2,16,17,18). The molecule has 0 bridgehead atoms. The number of fused-ring (bicyclic) bond motifs is 1. The molecule has 0 atom stereocenters. The Morgan fingerprint density at radius 2 is 1.91 bits per heavy atom. The highest BCUT2D eigenvalue weighted by atomic mass is 32.1. The second-order valence-corrected chi connectivity index (χ2v) is 6.27. The molecule has 22 heavy (non-hydrogen) atoms. The summed E-state index contributed by atoms with van der Waals surface area (Å²) < 4.78 is 0. The van der Waals surface area contributed by atoms with Gasteiger partial charge in [-0.15, -0.1) is 11.3 Å². The van der Waals surface area contributed by atoms with Crippen molar-refractivity contribution in [3.8, 4) is 11.1 Å². The third kappa shape index (κ3) is 2.29. The largest absolute Gasteiger partial charge is 0.383 e. The smallest absolute Gasteiger partial charge is 0.269 e. The summed E-state index contributed by atoms with van der Waals surface area (Å²) in [4.78, 5) is 20.8. The van der Waals surface area contributed by atoms with Crippen LogP contribution in [0.15, 0.2) is 30.6 Å². The molecule has 0 fully saturated rings. The van der Waals surface area contributed by atoms with Crippen LogP contribution < -0.4 is 5.73 Å². The zero-order chi connectivity index (χ0) is 15.9. The molecule has 0 unspecified atom stereocenters. The number of anilines is 1. The summed E-state index contributed by atoms with van der Waals surface area (Å²) >= 11 is 1.59. The van der Waals surface area contributed by atoms with Gasteiger partial charge in [-0.3, -0.25) is 10.1 Å². The number of thiophene rings is 1. The Morgan fingerprint density at radius 1 is 1.23 bits per heavy atom. The molecule has 0 aliphatic rings. The molecule has 0 spiro atoms. The van der Waals surface area contributed by atoms with Crippen molar-refractivity contribution < 1.29 is 4.92 Å². The fourth-order valence-corrected chi connectivity index (χ4v) is 3.59. The van der Waals surface area contributed by atoms with Crippen molar-refractivity contribution in [3.05, 3.63) is 45.6 Å². The van der Waals surface area contributed by atoms with Crippen LogP contribution in [0.25, 0.3) is 21.3 Å². The minimum atomic E-state index is -0.406. The number of non-ortho nitro benzene ring substituents is 1. The molecular formula is C15H14N4O2S. The first-order valence-electron chi connectivity index (χ1n) is 6.76. The maximum absolute atomic E-state index is 10.8. The van der Waals surface area contributed by atoms with E-state index in [0.717, 1.165) is 26.2 Å². The molecule has 0 saturated carbocycles. The molecule has 112 valence electrons. The van der Waals surface area contributed by atoms with Crippen LogP contribution in [0, 0.1) is 10.1 Å². The van der Waals surface area contributed by atoms with Gasteiger partial charge in [0.05, 0.1) is 10.3 Å². The van der Waals surface area contributed by atoms with Gasteiger partial charge in [0.25, 0.3) is 5.69 Å². The van der Waals surface area contributed by atoms with E-state index in [1.54, 1.807) is 23.5 Å². The highest BCUT2D eigenvalue weighted by Crippen LogP contribution is 2.43. The molecule has 0 saturated heterocycles. The number of nitrogens with zero attached hydrogens (tertiary/aromatic N) is 3. The first-order valence-corrected chi connectivity index (χ1v) is 7.58. The van der Waals surface area contributed by atoms with Crippen molar-refractivity contribution in [1.29, 1.82) is 0 Å². The van der Waals surface area contributed by atoms with Crippen LogP contribution in [-0.4, -0.2) is 14.9 Å². The van der Waals surface area contributed by atoms with Crippen LogP contribution in [0.5, 0.6) is 0 Å². The van der Waals surface area contributed by atoms with Crippen LogP contribution in [0.3, 0.4) is 0 Å². The predicted octanol–water partition coefficient (Wildman–Crippen LogP) is 3.97. The fourth-order valence-electron chi connectivity index (χ4n) is 2.42. The lowest BCUT2D eigenvalue weighted by Gasteiger charge is -2.08. The summed E-state index contributed by atoms with van der Waals surface area (Å²) in [5.74, 6) is 0.727. The zero-order valence-corrected chi connectivity index (χ0v) is 12.9. The third-order valence-electron chi connectivity index (χ3n) is 3.44. The molecule has 1 aromatic carbocycles. The number of hydrogen-bond acceptors (Lipinski definition) is 6. The number of rotatable bonds is 3. The maximum atomic E-state index is 10.8. The molecule has 7 heteroatoms. The molecule has 3 rings (SSSR count). The summed E-state index contributed by atoms with van der Waals surface area (Å²) in [5.41, 5.74) is 7.97. The summed E-state index contributed by atoms with van der Waals surface area (Å²) in [6, 6.07) is 6.50. The Labute approximate surface area is 130 Å². The van der Waals surface area contributed by atoms with E-state index < -0.39 is 4.92 Å². The topological polar surface area (TPSA) is 94.9 Å². The van der Waals surface area contributed by atoms with E-state index in [0.29, 0.717) is 11.7 Å². The van der Waals surface area contributed by atoms with E-state index in [1.807, 2.05) is 0 Å². The summed E-state index contributed by atoms with van der Waals surface area (Å²) in [5, 5.41) is 11.6. The lowest BCUT2D eigenvalue weighted by atomic mass is 9.98. The molecule has 0 aliphatic heterocycles. The van der Waals surface area contributed by atoms with Crippen molar-refractivity contribution in [1.82, 2.24) is 9.97 Å². The maximum Gasteiger partial charge on any atom is 0.269 e. The van der Waals surface area contributed by atoms with Crippen molar-refractivity contribution >= 4 is 33.1 Å². The van der Waals surface area contributed by atoms with Gasteiger partial charge in [0.15, 0.2) is 0 Å². The predicted molar refractivity (Wildman–Crippen MR) is 88.0 cm³/mol. The fraction of sp³-hybridized carbons (Fsp3) is 0.200. The van der Waals surface area contributed by atoms with Gasteiger partial charge in [0.2, 0.25) is 0 Å². The highest BCUT2D eigenvalue weighted by molar-refractivity contribution is 7.19.